The number of nitrogens with zero attached hydrogens (tertiary/aromatic N) is 1. The van der Waals surface area contributed by atoms with E-state index in [1.807, 2.05) is 0 Å². The van der Waals surface area contributed by atoms with Gasteiger partial charge in [0.2, 0.25) is 0 Å². The molecule has 0 saturated heterocycles. The number of anilines is 1. The van der Waals surface area contributed by atoms with Crippen molar-refractivity contribution in [2.45, 2.75) is 11.2 Å². The summed E-state index contributed by atoms with van der Waals surface area (Å²) < 4.78 is 39.3. The molecule has 1 aromatic heterocycles. The van der Waals surface area contributed by atoms with Gasteiger partial charge in [-0.3, -0.25) is 4.79 Å². The molecule has 0 aliphatic heterocycles. The molecule has 2 rings (SSSR count). The summed E-state index contributed by atoms with van der Waals surface area (Å²) in [5, 5.41) is 8.53. The van der Waals surface area contributed by atoms with Gasteiger partial charge in [0, 0.05) is 5.56 Å². The molecule has 116 valence electrons. The Morgan fingerprint density at radius 2 is 1.91 bits per heavy atom. The Labute approximate surface area is 128 Å². The van der Waals surface area contributed by atoms with Gasteiger partial charge in [-0.25, -0.2) is 4.98 Å². The fourth-order valence-corrected chi connectivity index (χ4v) is 2.45. The van der Waals surface area contributed by atoms with E-state index in [9.17, 15) is 18.0 Å². The van der Waals surface area contributed by atoms with E-state index in [0.29, 0.717) is 17.3 Å². The van der Waals surface area contributed by atoms with Crippen LogP contribution in [0.2, 0.25) is 0 Å². The molecule has 0 bridgehead atoms. The molecule has 0 aliphatic rings. The van der Waals surface area contributed by atoms with E-state index in [-0.39, 0.29) is 10.7 Å². The van der Waals surface area contributed by atoms with Gasteiger partial charge in [0.05, 0.1) is 22.7 Å². The van der Waals surface area contributed by atoms with Crippen LogP contribution in [0, 0.1) is 0 Å². The van der Waals surface area contributed by atoms with Gasteiger partial charge >= 0.3 is 12.1 Å². The first kappa shape index (κ1) is 16.2. The highest BCUT2D eigenvalue weighted by atomic mass is 32.2. The number of carboxylic acids is 1. The number of carbonyl (C=O) groups is 1. The van der Waals surface area contributed by atoms with Crippen LogP contribution >= 0.6 is 11.8 Å². The van der Waals surface area contributed by atoms with Gasteiger partial charge in [-0.05, 0) is 6.07 Å². The monoisotopic (exact) mass is 328 g/mol. The predicted octanol–water partition coefficient (Wildman–Crippen LogP) is 3.53. The molecule has 0 aliphatic carbocycles. The minimum atomic E-state index is -4.64. The molecule has 22 heavy (non-hydrogen) atoms. The van der Waals surface area contributed by atoms with Crippen molar-refractivity contribution in [3.63, 3.8) is 0 Å². The standard InChI is InChI=1S/C14H11F3N2O2S/c15-14(16,17)9-6-10(8-4-2-1-3-5-8)19-13(12(9)18)22-7-11(20)21/h1-6H,7,18H2,(H,20,21). The van der Waals surface area contributed by atoms with Crippen molar-refractivity contribution in [1.29, 1.82) is 0 Å². The number of hydrogen-bond donors (Lipinski definition) is 2. The van der Waals surface area contributed by atoms with Crippen LogP contribution in [-0.4, -0.2) is 21.8 Å². The molecule has 0 atom stereocenters. The summed E-state index contributed by atoms with van der Waals surface area (Å²) in [5.41, 5.74) is 4.51. The van der Waals surface area contributed by atoms with E-state index in [1.54, 1.807) is 30.3 Å². The molecule has 1 aromatic carbocycles. The van der Waals surface area contributed by atoms with Crippen molar-refractivity contribution < 1.29 is 23.1 Å². The third kappa shape index (κ3) is 3.70. The van der Waals surface area contributed by atoms with E-state index in [2.05, 4.69) is 4.98 Å². The normalized spacial score (nSPS) is 11.4. The van der Waals surface area contributed by atoms with Crippen molar-refractivity contribution in [3.05, 3.63) is 42.0 Å². The number of rotatable bonds is 4. The number of benzene rings is 1. The van der Waals surface area contributed by atoms with Gasteiger partial charge in [-0.15, -0.1) is 0 Å². The van der Waals surface area contributed by atoms with Gasteiger partial charge in [-0.2, -0.15) is 13.2 Å². The van der Waals surface area contributed by atoms with Crippen molar-refractivity contribution in [2.75, 3.05) is 11.5 Å². The van der Waals surface area contributed by atoms with Gasteiger partial charge in [0.1, 0.15) is 5.03 Å². The highest BCUT2D eigenvalue weighted by Gasteiger charge is 2.35. The number of nitrogen functional groups attached to an aromatic ring is 1. The summed E-state index contributed by atoms with van der Waals surface area (Å²) in [6.45, 7) is 0. The summed E-state index contributed by atoms with van der Waals surface area (Å²) in [7, 11) is 0. The van der Waals surface area contributed by atoms with E-state index < -0.39 is 29.1 Å². The van der Waals surface area contributed by atoms with Crippen molar-refractivity contribution in [1.82, 2.24) is 4.98 Å². The van der Waals surface area contributed by atoms with Crippen molar-refractivity contribution in [2.24, 2.45) is 0 Å². The first-order chi connectivity index (χ1) is 10.3. The lowest BCUT2D eigenvalue weighted by atomic mass is 10.1. The minimum absolute atomic E-state index is 0.0926. The van der Waals surface area contributed by atoms with E-state index in [0.717, 1.165) is 6.07 Å². The van der Waals surface area contributed by atoms with Crippen molar-refractivity contribution >= 4 is 23.4 Å². The summed E-state index contributed by atoms with van der Waals surface area (Å²) in [5.74, 6) is -1.59. The Morgan fingerprint density at radius 1 is 1.27 bits per heavy atom. The Hall–Kier alpha value is -2.22. The highest BCUT2D eigenvalue weighted by molar-refractivity contribution is 8.00. The zero-order chi connectivity index (χ0) is 16.3. The minimum Gasteiger partial charge on any atom is -0.481 e. The molecule has 0 saturated carbocycles. The van der Waals surface area contributed by atoms with Crippen LogP contribution in [0.1, 0.15) is 5.56 Å². The second kappa shape index (κ2) is 6.27. The number of thioether (sulfide) groups is 1. The lowest BCUT2D eigenvalue weighted by Gasteiger charge is -2.15. The summed E-state index contributed by atoms with van der Waals surface area (Å²) >= 11 is 0.659. The van der Waals surface area contributed by atoms with Crippen LogP contribution in [0.5, 0.6) is 0 Å². The second-order valence-corrected chi connectivity index (χ2v) is 5.28. The summed E-state index contributed by atoms with van der Waals surface area (Å²) in [6, 6.07) is 9.17. The number of pyridine rings is 1. The van der Waals surface area contributed by atoms with Gasteiger partial charge in [-0.1, -0.05) is 42.1 Å². The van der Waals surface area contributed by atoms with Crippen molar-refractivity contribution in [3.8, 4) is 11.3 Å². The van der Waals surface area contributed by atoms with Gasteiger partial charge < -0.3 is 10.8 Å². The Kier molecular flexibility index (Phi) is 4.60. The number of carboxylic acid groups (broad SMARTS) is 1. The molecule has 0 unspecified atom stereocenters. The van der Waals surface area contributed by atoms with E-state index in [4.69, 9.17) is 10.8 Å². The fourth-order valence-electron chi connectivity index (χ4n) is 1.76. The number of aromatic nitrogens is 1. The smallest absolute Gasteiger partial charge is 0.418 e. The molecule has 1 heterocycles. The SMILES string of the molecule is Nc1c(C(F)(F)F)cc(-c2ccccc2)nc1SCC(=O)O. The number of aliphatic carboxylic acids is 1. The molecular weight excluding hydrogens is 317 g/mol. The fraction of sp³-hybridized carbons (Fsp3) is 0.143. The number of hydrogen-bond acceptors (Lipinski definition) is 4. The number of alkyl halides is 3. The summed E-state index contributed by atoms with van der Waals surface area (Å²) in [4.78, 5) is 14.7. The molecule has 8 heteroatoms. The van der Waals surface area contributed by atoms with Gasteiger partial charge in [0.25, 0.3) is 0 Å². The molecule has 4 nitrogen and oxygen atoms in total. The Morgan fingerprint density at radius 3 is 2.45 bits per heavy atom. The first-order valence-electron chi connectivity index (χ1n) is 6.06. The maximum absolute atomic E-state index is 13.1. The topological polar surface area (TPSA) is 76.2 Å². The zero-order valence-electron chi connectivity index (χ0n) is 11.1. The largest absolute Gasteiger partial charge is 0.481 e. The predicted molar refractivity (Wildman–Crippen MR) is 77.4 cm³/mol. The molecule has 0 spiro atoms. The van der Waals surface area contributed by atoms with Crippen LogP contribution in [0.15, 0.2) is 41.4 Å². The molecule has 0 amide bonds. The maximum Gasteiger partial charge on any atom is 0.418 e. The van der Waals surface area contributed by atoms with Gasteiger partial charge in [0.15, 0.2) is 0 Å². The van der Waals surface area contributed by atoms with E-state index in [1.165, 1.54) is 0 Å². The van der Waals surface area contributed by atoms with Crippen LogP contribution in [0.3, 0.4) is 0 Å². The van der Waals surface area contributed by atoms with Crippen LogP contribution < -0.4 is 5.73 Å². The van der Waals surface area contributed by atoms with Crippen LogP contribution in [0.4, 0.5) is 18.9 Å². The molecule has 0 radical (unpaired) electrons. The summed E-state index contributed by atoms with van der Waals surface area (Å²) in [6.07, 6.45) is -4.64. The zero-order valence-corrected chi connectivity index (χ0v) is 11.9. The highest BCUT2D eigenvalue weighted by Crippen LogP contribution is 2.39. The van der Waals surface area contributed by atoms with Crippen LogP contribution in [-0.2, 0) is 11.0 Å². The first-order valence-corrected chi connectivity index (χ1v) is 7.05. The van der Waals surface area contributed by atoms with E-state index >= 15 is 0 Å². The molecular formula is C14H11F3N2O2S. The second-order valence-electron chi connectivity index (χ2n) is 4.32. The third-order valence-corrected chi connectivity index (χ3v) is 3.71. The lowest BCUT2D eigenvalue weighted by molar-refractivity contribution is -0.137. The van der Waals surface area contributed by atoms with Crippen LogP contribution in [0.25, 0.3) is 11.3 Å². The quantitative estimate of drug-likeness (QED) is 0.840. The number of halogens is 3. The maximum atomic E-state index is 13.1. The Balaban J connectivity index is 2.55. The number of nitrogens with two attached hydrogens (primary N) is 1. The third-order valence-electron chi connectivity index (χ3n) is 2.73. The molecule has 2 aromatic rings. The lowest BCUT2D eigenvalue weighted by Crippen LogP contribution is -2.12. The average Bonchev–Trinajstić information content (AvgIpc) is 2.45. The molecule has 0 fully saturated rings. The molecule has 3 N–H and O–H groups in total. The average molecular weight is 328 g/mol. The Bertz CT molecular complexity index is 690.